The Labute approximate surface area is 182 Å². The lowest BCUT2D eigenvalue weighted by Gasteiger charge is -2.63. The highest BCUT2D eigenvalue weighted by Crippen LogP contribution is 2.36. The first-order valence-corrected chi connectivity index (χ1v) is 10.8. The van der Waals surface area contributed by atoms with Gasteiger partial charge in [-0.3, -0.25) is 14.5 Å². The predicted molar refractivity (Wildman–Crippen MR) is 115 cm³/mol. The van der Waals surface area contributed by atoms with Gasteiger partial charge in [-0.25, -0.2) is 0 Å². The van der Waals surface area contributed by atoms with Gasteiger partial charge in [0.1, 0.15) is 5.75 Å². The summed E-state index contributed by atoms with van der Waals surface area (Å²) in [5, 5.41) is 0. The first-order chi connectivity index (χ1) is 15.1. The van der Waals surface area contributed by atoms with Crippen molar-refractivity contribution in [3.8, 4) is 5.75 Å². The number of hydrogen-bond donors (Lipinski definition) is 0. The van der Waals surface area contributed by atoms with Crippen LogP contribution in [0.4, 0.5) is 0 Å². The van der Waals surface area contributed by atoms with E-state index >= 15 is 0 Å². The Morgan fingerprint density at radius 2 is 1.65 bits per heavy atom. The van der Waals surface area contributed by atoms with E-state index in [9.17, 15) is 9.59 Å². The molecule has 2 aromatic rings. The highest BCUT2D eigenvalue weighted by Gasteiger charge is 2.56. The second kappa shape index (κ2) is 8.32. The van der Waals surface area contributed by atoms with Crippen LogP contribution in [0.5, 0.6) is 5.75 Å². The van der Waals surface area contributed by atoms with Gasteiger partial charge in [-0.15, -0.1) is 0 Å². The van der Waals surface area contributed by atoms with Crippen molar-refractivity contribution in [3.63, 3.8) is 0 Å². The maximum Gasteiger partial charge on any atom is 0.260 e. The number of hydrogen-bond acceptors (Lipinski definition) is 5. The van der Waals surface area contributed by atoms with Crippen molar-refractivity contribution >= 4 is 11.8 Å². The third-order valence-electron chi connectivity index (χ3n) is 6.49. The molecular formula is C24H27N3O4. The summed E-state index contributed by atoms with van der Waals surface area (Å²) >= 11 is 0. The molecule has 3 heterocycles. The smallest absolute Gasteiger partial charge is 0.260 e. The maximum absolute atomic E-state index is 13.1. The van der Waals surface area contributed by atoms with Crippen LogP contribution in [0.15, 0.2) is 60.7 Å². The average Bonchev–Trinajstić information content (AvgIpc) is 2.81. The molecule has 0 N–H and O–H groups in total. The van der Waals surface area contributed by atoms with Crippen LogP contribution < -0.4 is 4.74 Å². The fourth-order valence-electron chi connectivity index (χ4n) is 4.99. The predicted octanol–water partition coefficient (Wildman–Crippen LogP) is 1.50. The minimum absolute atomic E-state index is 0.0224. The number of fused-ring (bicyclic) bond motifs is 2. The molecule has 1 atom stereocenters. The molecule has 0 aliphatic carbocycles. The second-order valence-electron chi connectivity index (χ2n) is 8.55. The Balaban J connectivity index is 1.27. The minimum Gasteiger partial charge on any atom is -0.484 e. The van der Waals surface area contributed by atoms with Gasteiger partial charge in [0, 0.05) is 38.3 Å². The van der Waals surface area contributed by atoms with E-state index in [2.05, 4.69) is 4.90 Å². The summed E-state index contributed by atoms with van der Waals surface area (Å²) in [6.07, 6.45) is 0. The van der Waals surface area contributed by atoms with Crippen molar-refractivity contribution in [2.45, 2.75) is 11.6 Å². The molecule has 1 unspecified atom stereocenters. The third kappa shape index (κ3) is 3.91. The van der Waals surface area contributed by atoms with Crippen LogP contribution in [0.2, 0.25) is 0 Å². The lowest BCUT2D eigenvalue weighted by molar-refractivity contribution is -0.173. The summed E-state index contributed by atoms with van der Waals surface area (Å²) < 4.78 is 11.4. The highest BCUT2D eigenvalue weighted by atomic mass is 16.5. The van der Waals surface area contributed by atoms with Crippen molar-refractivity contribution in [2.75, 3.05) is 52.5 Å². The zero-order valence-corrected chi connectivity index (χ0v) is 17.5. The SMILES string of the molecule is O=C(COc1ccccc1)N1CC2(C1)CN(C(=O)c1ccccc1)CC1COCCN12. The van der Waals surface area contributed by atoms with Crippen molar-refractivity contribution in [2.24, 2.45) is 0 Å². The number of para-hydroxylation sites is 1. The average molecular weight is 421 g/mol. The zero-order chi connectivity index (χ0) is 21.3. The summed E-state index contributed by atoms with van der Waals surface area (Å²) in [6.45, 7) is 4.67. The normalized spacial score (nSPS) is 22.5. The molecule has 7 nitrogen and oxygen atoms in total. The van der Waals surface area contributed by atoms with Gasteiger partial charge in [0.05, 0.1) is 24.8 Å². The van der Waals surface area contributed by atoms with E-state index in [4.69, 9.17) is 9.47 Å². The highest BCUT2D eigenvalue weighted by molar-refractivity contribution is 5.94. The number of ether oxygens (including phenoxy) is 2. The summed E-state index contributed by atoms with van der Waals surface area (Å²) in [6, 6.07) is 18.9. The molecule has 0 radical (unpaired) electrons. The Hall–Kier alpha value is -2.90. The summed E-state index contributed by atoms with van der Waals surface area (Å²) in [4.78, 5) is 32.1. The molecule has 7 heteroatoms. The van der Waals surface area contributed by atoms with E-state index in [-0.39, 0.29) is 30.0 Å². The Morgan fingerprint density at radius 1 is 0.968 bits per heavy atom. The number of benzene rings is 2. The van der Waals surface area contributed by atoms with Crippen molar-refractivity contribution in [1.29, 1.82) is 0 Å². The van der Waals surface area contributed by atoms with Crippen LogP contribution in [0.25, 0.3) is 0 Å². The van der Waals surface area contributed by atoms with Crippen molar-refractivity contribution < 1.29 is 19.1 Å². The standard InChI is InChI=1S/C24H27N3O4/c28-22(15-31-21-9-5-2-6-10-21)26-17-24(18-26)16-25(13-20-14-30-12-11-27(20)24)23(29)19-7-3-1-4-8-19/h1-10,20H,11-18H2. The lowest BCUT2D eigenvalue weighted by Crippen LogP contribution is -2.81. The number of rotatable bonds is 4. The topological polar surface area (TPSA) is 62.3 Å². The Morgan fingerprint density at radius 3 is 2.39 bits per heavy atom. The van der Waals surface area contributed by atoms with Crippen LogP contribution in [-0.2, 0) is 9.53 Å². The number of likely N-dealkylation sites (tertiary alicyclic amines) is 1. The van der Waals surface area contributed by atoms with Crippen molar-refractivity contribution in [1.82, 2.24) is 14.7 Å². The Bertz CT molecular complexity index is 930. The van der Waals surface area contributed by atoms with Crippen LogP contribution in [0.3, 0.4) is 0 Å². The lowest BCUT2D eigenvalue weighted by atomic mass is 9.82. The molecule has 3 aliphatic heterocycles. The monoisotopic (exact) mass is 421 g/mol. The second-order valence-corrected chi connectivity index (χ2v) is 8.55. The largest absolute Gasteiger partial charge is 0.484 e. The first kappa shape index (κ1) is 20.0. The molecule has 3 saturated heterocycles. The third-order valence-corrected chi connectivity index (χ3v) is 6.49. The van der Waals surface area contributed by atoms with E-state index in [1.165, 1.54) is 0 Å². The fourth-order valence-corrected chi connectivity index (χ4v) is 4.99. The van der Waals surface area contributed by atoms with E-state index < -0.39 is 0 Å². The van der Waals surface area contributed by atoms with Gasteiger partial charge in [-0.1, -0.05) is 36.4 Å². The quantitative estimate of drug-likeness (QED) is 0.749. The van der Waals surface area contributed by atoms with Gasteiger partial charge in [0.25, 0.3) is 11.8 Å². The molecule has 5 rings (SSSR count). The molecule has 0 bridgehead atoms. The van der Waals surface area contributed by atoms with Crippen LogP contribution in [0, 0.1) is 0 Å². The molecular weight excluding hydrogens is 394 g/mol. The van der Waals surface area contributed by atoms with E-state index in [0.717, 1.165) is 6.54 Å². The van der Waals surface area contributed by atoms with E-state index in [0.29, 0.717) is 50.7 Å². The molecule has 3 fully saturated rings. The van der Waals surface area contributed by atoms with Gasteiger partial charge in [0.2, 0.25) is 0 Å². The van der Waals surface area contributed by atoms with Gasteiger partial charge in [-0.2, -0.15) is 0 Å². The number of amides is 2. The number of morpholine rings is 1. The number of carbonyl (C=O) groups excluding carboxylic acids is 2. The molecule has 0 aromatic heterocycles. The van der Waals surface area contributed by atoms with Crippen LogP contribution in [-0.4, -0.2) is 90.6 Å². The van der Waals surface area contributed by atoms with Gasteiger partial charge in [0.15, 0.2) is 6.61 Å². The van der Waals surface area contributed by atoms with E-state index in [1.54, 1.807) is 0 Å². The Kier molecular flexibility index (Phi) is 5.38. The fraction of sp³-hybridized carbons (Fsp3) is 0.417. The first-order valence-electron chi connectivity index (χ1n) is 10.8. The molecule has 1 spiro atoms. The van der Waals surface area contributed by atoms with Crippen molar-refractivity contribution in [3.05, 3.63) is 66.2 Å². The molecule has 3 aliphatic rings. The van der Waals surface area contributed by atoms with E-state index in [1.807, 2.05) is 70.5 Å². The minimum atomic E-state index is -0.209. The molecule has 31 heavy (non-hydrogen) atoms. The summed E-state index contributed by atoms with van der Waals surface area (Å²) in [7, 11) is 0. The summed E-state index contributed by atoms with van der Waals surface area (Å²) in [5.74, 6) is 0.713. The van der Waals surface area contributed by atoms with Gasteiger partial charge < -0.3 is 19.3 Å². The number of piperazine rings is 1. The van der Waals surface area contributed by atoms with Crippen LogP contribution >= 0.6 is 0 Å². The van der Waals surface area contributed by atoms with Crippen LogP contribution in [0.1, 0.15) is 10.4 Å². The van der Waals surface area contributed by atoms with Gasteiger partial charge in [-0.05, 0) is 24.3 Å². The van der Waals surface area contributed by atoms with Gasteiger partial charge >= 0.3 is 0 Å². The number of carbonyl (C=O) groups is 2. The molecule has 0 saturated carbocycles. The maximum atomic E-state index is 13.1. The zero-order valence-electron chi connectivity index (χ0n) is 17.5. The summed E-state index contributed by atoms with van der Waals surface area (Å²) in [5.41, 5.74) is 0.492. The number of nitrogens with zero attached hydrogens (tertiary/aromatic N) is 3. The molecule has 2 amide bonds. The molecule has 2 aromatic carbocycles. The molecule has 162 valence electrons.